The van der Waals surface area contributed by atoms with Crippen LogP contribution >= 0.6 is 0 Å². The molecule has 9 nitrogen and oxygen atoms in total. The first kappa shape index (κ1) is 19.3. The number of hydrazine groups is 1. The number of hydrogen-bond acceptors (Lipinski definition) is 6. The molecule has 28 heavy (non-hydrogen) atoms. The molecule has 0 fully saturated rings. The van der Waals surface area contributed by atoms with E-state index in [4.69, 9.17) is 4.74 Å². The van der Waals surface area contributed by atoms with E-state index in [0.29, 0.717) is 17.2 Å². The Morgan fingerprint density at radius 3 is 2.54 bits per heavy atom. The van der Waals surface area contributed by atoms with Crippen LogP contribution in [-0.2, 0) is 22.4 Å². The molecule has 2 amide bonds. The van der Waals surface area contributed by atoms with E-state index in [9.17, 15) is 9.59 Å². The summed E-state index contributed by atoms with van der Waals surface area (Å²) in [5.74, 6) is 0.257. The van der Waals surface area contributed by atoms with Gasteiger partial charge in [0.1, 0.15) is 12.1 Å². The van der Waals surface area contributed by atoms with Gasteiger partial charge in [-0.3, -0.25) is 20.4 Å². The van der Waals surface area contributed by atoms with Gasteiger partial charge in [-0.15, -0.1) is 0 Å². The van der Waals surface area contributed by atoms with Crippen molar-refractivity contribution in [1.29, 1.82) is 0 Å². The first-order valence-corrected chi connectivity index (χ1v) is 8.93. The summed E-state index contributed by atoms with van der Waals surface area (Å²) in [7, 11) is 0. The van der Waals surface area contributed by atoms with Crippen molar-refractivity contribution in [2.24, 2.45) is 0 Å². The molecule has 9 heteroatoms. The summed E-state index contributed by atoms with van der Waals surface area (Å²) >= 11 is 0. The van der Waals surface area contributed by atoms with Crippen molar-refractivity contribution in [3.05, 3.63) is 53.1 Å². The van der Waals surface area contributed by atoms with Crippen LogP contribution in [0, 0.1) is 13.8 Å². The van der Waals surface area contributed by atoms with Gasteiger partial charge in [0.2, 0.25) is 5.91 Å². The molecule has 3 aromatic rings. The van der Waals surface area contributed by atoms with Crippen molar-refractivity contribution in [2.45, 2.75) is 33.6 Å². The van der Waals surface area contributed by atoms with Crippen LogP contribution in [-0.4, -0.2) is 38.0 Å². The van der Waals surface area contributed by atoms with Crippen LogP contribution in [0.25, 0.3) is 5.78 Å². The topological polar surface area (TPSA) is 111 Å². The van der Waals surface area contributed by atoms with Gasteiger partial charge < -0.3 is 4.74 Å². The second kappa shape index (κ2) is 8.47. The molecule has 2 aromatic heterocycles. The monoisotopic (exact) mass is 382 g/mol. The molecule has 0 spiro atoms. The predicted molar refractivity (Wildman–Crippen MR) is 102 cm³/mol. The van der Waals surface area contributed by atoms with Gasteiger partial charge in [-0.05, 0) is 38.0 Å². The third-order valence-corrected chi connectivity index (χ3v) is 4.37. The molecule has 0 unspecified atom stereocenters. The van der Waals surface area contributed by atoms with E-state index < -0.39 is 5.91 Å². The number of rotatable bonds is 6. The Morgan fingerprint density at radius 2 is 1.82 bits per heavy atom. The number of carbonyl (C=O) groups is 2. The smallest absolute Gasteiger partial charge is 0.276 e. The molecule has 0 bridgehead atoms. The van der Waals surface area contributed by atoms with Crippen LogP contribution in [0.1, 0.15) is 29.4 Å². The van der Waals surface area contributed by atoms with Crippen LogP contribution < -0.4 is 15.6 Å². The lowest BCUT2D eigenvalue weighted by atomic mass is 10.1. The average molecular weight is 382 g/mol. The maximum atomic E-state index is 12.2. The van der Waals surface area contributed by atoms with E-state index in [-0.39, 0.29) is 18.9 Å². The molecule has 2 heterocycles. The van der Waals surface area contributed by atoms with Crippen LogP contribution in [0.5, 0.6) is 5.75 Å². The summed E-state index contributed by atoms with van der Waals surface area (Å²) in [5, 5.41) is 4.09. The number of ether oxygens (including phenoxy) is 1. The number of nitrogens with one attached hydrogen (secondary N) is 2. The minimum absolute atomic E-state index is 0.0556. The Labute approximate surface area is 162 Å². The van der Waals surface area contributed by atoms with Crippen LogP contribution in [0.4, 0.5) is 0 Å². The molecule has 0 saturated carbocycles. The number of benzene rings is 1. The Hall–Kier alpha value is -3.49. The minimum Gasteiger partial charge on any atom is -0.484 e. The lowest BCUT2D eigenvalue weighted by molar-refractivity contribution is -0.129. The molecular weight excluding hydrogens is 360 g/mol. The van der Waals surface area contributed by atoms with E-state index in [1.807, 2.05) is 31.2 Å². The highest BCUT2D eigenvalue weighted by Gasteiger charge is 2.15. The van der Waals surface area contributed by atoms with Crippen LogP contribution in [0.2, 0.25) is 0 Å². The second-order valence-electron chi connectivity index (χ2n) is 6.29. The fourth-order valence-corrected chi connectivity index (χ4v) is 2.76. The quantitative estimate of drug-likeness (QED) is 0.617. The molecule has 146 valence electrons. The largest absolute Gasteiger partial charge is 0.484 e. The zero-order chi connectivity index (χ0) is 20.1. The van der Waals surface area contributed by atoms with Gasteiger partial charge in [-0.25, -0.2) is 9.50 Å². The number of fused-ring (bicyclic) bond motifs is 1. The highest BCUT2D eigenvalue weighted by Crippen LogP contribution is 2.14. The van der Waals surface area contributed by atoms with Gasteiger partial charge in [0, 0.05) is 17.0 Å². The number of aromatic nitrogens is 4. The van der Waals surface area contributed by atoms with Crippen molar-refractivity contribution in [3.63, 3.8) is 0 Å². The van der Waals surface area contributed by atoms with E-state index in [1.54, 1.807) is 11.4 Å². The molecule has 0 radical (unpaired) electrons. The number of aryl methyl sites for hydroxylation is 3. The molecule has 0 aliphatic carbocycles. The molecule has 0 aliphatic heterocycles. The van der Waals surface area contributed by atoms with E-state index in [2.05, 4.69) is 32.8 Å². The molecule has 1 aromatic carbocycles. The van der Waals surface area contributed by atoms with Crippen molar-refractivity contribution < 1.29 is 14.3 Å². The maximum absolute atomic E-state index is 12.2. The van der Waals surface area contributed by atoms with Gasteiger partial charge >= 0.3 is 0 Å². The fraction of sp³-hybridized carbons (Fsp3) is 0.316. The van der Waals surface area contributed by atoms with Crippen molar-refractivity contribution in [2.75, 3.05) is 6.61 Å². The highest BCUT2D eigenvalue weighted by molar-refractivity contribution is 5.84. The summed E-state index contributed by atoms with van der Waals surface area (Å²) in [4.78, 5) is 32.5. The molecule has 0 aliphatic rings. The normalized spacial score (nSPS) is 10.7. The number of amides is 2. The molecule has 2 N–H and O–H groups in total. The number of hydrogen-bond donors (Lipinski definition) is 2. The zero-order valence-electron chi connectivity index (χ0n) is 16.0. The Kier molecular flexibility index (Phi) is 5.83. The molecular formula is C19H22N6O3. The van der Waals surface area contributed by atoms with Crippen LogP contribution in [0.3, 0.4) is 0 Å². The van der Waals surface area contributed by atoms with E-state index in [1.165, 1.54) is 11.9 Å². The third kappa shape index (κ3) is 4.43. The van der Waals surface area contributed by atoms with Crippen molar-refractivity contribution >= 4 is 17.6 Å². The Bertz CT molecular complexity index is 997. The predicted octanol–water partition coefficient (Wildman–Crippen LogP) is 1.07. The molecule has 0 saturated heterocycles. The van der Waals surface area contributed by atoms with Gasteiger partial charge in [-0.1, -0.05) is 19.1 Å². The Balaban J connectivity index is 1.50. The summed E-state index contributed by atoms with van der Waals surface area (Å²) in [6, 6.07) is 7.51. The second-order valence-corrected chi connectivity index (χ2v) is 6.29. The summed E-state index contributed by atoms with van der Waals surface area (Å²) in [6.45, 7) is 5.51. The first-order valence-electron chi connectivity index (χ1n) is 8.93. The third-order valence-electron chi connectivity index (χ3n) is 4.37. The van der Waals surface area contributed by atoms with Gasteiger partial charge in [0.25, 0.3) is 11.7 Å². The Morgan fingerprint density at radius 1 is 1.11 bits per heavy atom. The van der Waals surface area contributed by atoms with Crippen molar-refractivity contribution in [3.8, 4) is 5.75 Å². The lowest BCUT2D eigenvalue weighted by Gasteiger charge is -2.12. The van der Waals surface area contributed by atoms with Gasteiger partial charge in [-0.2, -0.15) is 10.1 Å². The standard InChI is InChI=1S/C19H22N6O3/c1-4-14-5-7-15(8-6-14)28-10-18(27)24-23-17(26)9-16-12(2)22-19-20-11-21-25(19)13(16)3/h5-8,11H,4,9-10H2,1-3H3,(H,23,26)(H,24,27). The van der Waals surface area contributed by atoms with Gasteiger partial charge in [0.15, 0.2) is 6.61 Å². The molecule has 0 atom stereocenters. The fourth-order valence-electron chi connectivity index (χ4n) is 2.76. The molecule has 3 rings (SSSR count). The maximum Gasteiger partial charge on any atom is 0.276 e. The minimum atomic E-state index is -0.453. The summed E-state index contributed by atoms with van der Waals surface area (Å²) in [6.07, 6.45) is 2.40. The van der Waals surface area contributed by atoms with E-state index >= 15 is 0 Å². The lowest BCUT2D eigenvalue weighted by Crippen LogP contribution is -2.44. The zero-order valence-corrected chi connectivity index (χ0v) is 16.0. The average Bonchev–Trinajstić information content (AvgIpc) is 3.16. The van der Waals surface area contributed by atoms with Crippen molar-refractivity contribution in [1.82, 2.24) is 30.4 Å². The highest BCUT2D eigenvalue weighted by atomic mass is 16.5. The number of nitrogens with zero attached hydrogens (tertiary/aromatic N) is 4. The summed E-state index contributed by atoms with van der Waals surface area (Å²) < 4.78 is 6.98. The van der Waals surface area contributed by atoms with Gasteiger partial charge in [0.05, 0.1) is 6.42 Å². The van der Waals surface area contributed by atoms with E-state index in [0.717, 1.165) is 17.7 Å². The number of carbonyl (C=O) groups excluding carboxylic acids is 2. The summed E-state index contributed by atoms with van der Waals surface area (Å²) in [5.41, 5.74) is 8.13. The van der Waals surface area contributed by atoms with Crippen LogP contribution in [0.15, 0.2) is 30.6 Å². The SMILES string of the molecule is CCc1ccc(OCC(=O)NNC(=O)Cc2c(C)nc3ncnn3c2C)cc1. The first-order chi connectivity index (χ1) is 13.5.